The molecule has 0 rings (SSSR count). The van der Waals surface area contributed by atoms with Crippen LogP contribution in [0.15, 0.2) is 11.6 Å². The highest BCUT2D eigenvalue weighted by molar-refractivity contribution is 6.83. The van der Waals surface area contributed by atoms with Gasteiger partial charge in [0, 0.05) is 5.57 Å². The average molecular weight is 256 g/mol. The summed E-state index contributed by atoms with van der Waals surface area (Å²) in [5.74, 6) is -0.788. The summed E-state index contributed by atoms with van der Waals surface area (Å²) in [6, 6.07) is 0.984. The van der Waals surface area contributed by atoms with Crippen molar-refractivity contribution in [1.29, 1.82) is 0 Å². The molecule has 0 atom stereocenters. The minimum absolute atomic E-state index is 0.490. The van der Waals surface area contributed by atoms with Gasteiger partial charge >= 0.3 is 5.97 Å². The maximum absolute atomic E-state index is 10.9. The Bertz CT molecular complexity index is 269. The van der Waals surface area contributed by atoms with Crippen molar-refractivity contribution in [1.82, 2.24) is 0 Å². The molecular weight excluding hydrogens is 228 g/mol. The van der Waals surface area contributed by atoms with E-state index in [0.717, 1.165) is 6.04 Å². The zero-order chi connectivity index (χ0) is 13.8. The van der Waals surface area contributed by atoms with Gasteiger partial charge in [0.25, 0.3) is 0 Å². The highest BCUT2D eigenvalue weighted by atomic mass is 28.3. The topological polar surface area (TPSA) is 37.3 Å². The highest BCUT2D eigenvalue weighted by Gasteiger charge is 2.41. The number of aliphatic carboxylic acids is 1. The van der Waals surface area contributed by atoms with Crippen LogP contribution in [0.4, 0.5) is 0 Å². The Balaban J connectivity index is 5.21. The molecule has 17 heavy (non-hydrogen) atoms. The number of hydrogen-bond acceptors (Lipinski definition) is 1. The van der Waals surface area contributed by atoms with Crippen LogP contribution in [-0.4, -0.2) is 19.1 Å². The Morgan fingerprint density at radius 2 is 1.41 bits per heavy atom. The van der Waals surface area contributed by atoms with E-state index in [1.54, 1.807) is 6.92 Å². The van der Waals surface area contributed by atoms with Gasteiger partial charge in [0.2, 0.25) is 0 Å². The molecule has 0 bridgehead atoms. The maximum Gasteiger partial charge on any atom is 0.330 e. The molecule has 0 aliphatic rings. The van der Waals surface area contributed by atoms with E-state index >= 15 is 0 Å². The molecule has 0 aromatic rings. The molecule has 0 radical (unpaired) electrons. The van der Waals surface area contributed by atoms with E-state index < -0.39 is 14.0 Å². The first-order valence-corrected chi connectivity index (χ1v) is 9.00. The van der Waals surface area contributed by atoms with Crippen LogP contribution < -0.4 is 0 Å². The van der Waals surface area contributed by atoms with Crippen LogP contribution in [0.5, 0.6) is 0 Å². The fourth-order valence-corrected chi connectivity index (χ4v) is 9.20. The molecule has 0 fully saturated rings. The van der Waals surface area contributed by atoms with E-state index in [1.165, 1.54) is 0 Å². The summed E-state index contributed by atoms with van der Waals surface area (Å²) in [4.78, 5) is 10.9. The van der Waals surface area contributed by atoms with Crippen LogP contribution >= 0.6 is 0 Å². The van der Waals surface area contributed by atoms with Gasteiger partial charge in [-0.3, -0.25) is 0 Å². The van der Waals surface area contributed by atoms with E-state index in [4.69, 9.17) is 5.11 Å². The number of hydrogen-bond donors (Lipinski definition) is 1. The smallest absolute Gasteiger partial charge is 0.330 e. The Kier molecular flexibility index (Phi) is 6.17. The van der Waals surface area contributed by atoms with Crippen LogP contribution in [0.25, 0.3) is 0 Å². The number of allylic oxidation sites excluding steroid dienone is 1. The van der Waals surface area contributed by atoms with E-state index in [0.29, 0.717) is 22.2 Å². The Morgan fingerprint density at radius 3 is 1.65 bits per heavy atom. The van der Waals surface area contributed by atoms with Crippen LogP contribution in [0.3, 0.4) is 0 Å². The van der Waals surface area contributed by atoms with Crippen LogP contribution in [-0.2, 0) is 4.79 Å². The number of rotatable bonds is 6. The summed E-state index contributed by atoms with van der Waals surface area (Å²) in [7, 11) is -1.48. The van der Waals surface area contributed by atoms with Gasteiger partial charge in [-0.25, -0.2) is 4.79 Å². The van der Waals surface area contributed by atoms with E-state index in [9.17, 15) is 4.79 Å². The van der Waals surface area contributed by atoms with Crippen LogP contribution in [0.2, 0.25) is 22.7 Å². The molecule has 1 N–H and O–H groups in total. The van der Waals surface area contributed by atoms with Gasteiger partial charge in [-0.1, -0.05) is 64.2 Å². The number of carbonyl (C=O) groups is 1. The quantitative estimate of drug-likeness (QED) is 0.552. The molecule has 100 valence electrons. The van der Waals surface area contributed by atoms with Crippen molar-refractivity contribution in [3.05, 3.63) is 11.6 Å². The molecule has 0 amide bonds. The third-order valence-electron chi connectivity index (χ3n) is 4.32. The predicted molar refractivity (Wildman–Crippen MR) is 77.2 cm³/mol. The van der Waals surface area contributed by atoms with E-state index in [-0.39, 0.29) is 0 Å². The van der Waals surface area contributed by atoms with Crippen molar-refractivity contribution in [3.63, 3.8) is 0 Å². The van der Waals surface area contributed by atoms with E-state index in [2.05, 4.69) is 41.5 Å². The number of carboxylic acids is 1. The highest BCUT2D eigenvalue weighted by Crippen LogP contribution is 2.44. The molecule has 0 aliphatic carbocycles. The van der Waals surface area contributed by atoms with Crippen molar-refractivity contribution >= 4 is 14.0 Å². The summed E-state index contributed by atoms with van der Waals surface area (Å²) in [6.07, 6.45) is 1.95. The number of carboxylic acid groups (broad SMARTS) is 1. The molecule has 0 unspecified atom stereocenters. The molecule has 0 saturated carbocycles. The molecule has 0 aromatic carbocycles. The molecule has 0 heterocycles. The lowest BCUT2D eigenvalue weighted by Crippen LogP contribution is -2.43. The monoisotopic (exact) mass is 256 g/mol. The van der Waals surface area contributed by atoms with Crippen molar-refractivity contribution in [2.24, 2.45) is 0 Å². The van der Waals surface area contributed by atoms with Crippen molar-refractivity contribution in [2.45, 2.75) is 71.1 Å². The summed E-state index contributed by atoms with van der Waals surface area (Å²) in [6.45, 7) is 15.5. The SMILES string of the molecule is CC(=CC[Si](C(C)C)(C(C)C)C(C)C)C(=O)O. The second-order valence-corrected chi connectivity index (χ2v) is 12.1. The fourth-order valence-electron chi connectivity index (χ4n) is 3.12. The van der Waals surface area contributed by atoms with E-state index in [1.807, 2.05) is 6.08 Å². The second-order valence-electron chi connectivity index (χ2n) is 5.97. The molecule has 0 saturated heterocycles. The lowest BCUT2D eigenvalue weighted by Gasteiger charge is -2.42. The molecule has 0 spiro atoms. The molecule has 0 aliphatic heterocycles. The van der Waals surface area contributed by atoms with Gasteiger partial charge in [0.1, 0.15) is 0 Å². The molecule has 2 nitrogen and oxygen atoms in total. The zero-order valence-electron chi connectivity index (χ0n) is 12.4. The molecule has 0 aromatic heterocycles. The van der Waals surface area contributed by atoms with Crippen LogP contribution in [0.1, 0.15) is 48.5 Å². The summed E-state index contributed by atoms with van der Waals surface area (Å²) >= 11 is 0. The maximum atomic E-state index is 10.9. The van der Waals surface area contributed by atoms with Gasteiger partial charge < -0.3 is 5.11 Å². The lowest BCUT2D eigenvalue weighted by molar-refractivity contribution is -0.132. The third-order valence-corrected chi connectivity index (χ3v) is 11.7. The largest absolute Gasteiger partial charge is 0.478 e. The summed E-state index contributed by atoms with van der Waals surface area (Å²) in [5.41, 5.74) is 2.53. The standard InChI is InChI=1S/C14H28O2Si/c1-10(2)17(11(3)4,12(5)6)9-8-13(7)14(15)16/h8,10-12H,9H2,1-7H3,(H,15,16). The third kappa shape index (κ3) is 3.70. The van der Waals surface area contributed by atoms with Crippen LogP contribution in [0, 0.1) is 0 Å². The minimum Gasteiger partial charge on any atom is -0.478 e. The van der Waals surface area contributed by atoms with Crippen molar-refractivity contribution < 1.29 is 9.90 Å². The predicted octanol–water partition coefficient (Wildman–Crippen LogP) is 4.70. The van der Waals surface area contributed by atoms with Gasteiger partial charge in [0.15, 0.2) is 0 Å². The zero-order valence-corrected chi connectivity index (χ0v) is 13.4. The fraction of sp³-hybridized carbons (Fsp3) is 0.786. The lowest BCUT2D eigenvalue weighted by atomic mass is 10.3. The Hall–Kier alpha value is -0.573. The van der Waals surface area contributed by atoms with Gasteiger partial charge in [-0.2, -0.15) is 0 Å². The molecule has 3 heteroatoms. The second kappa shape index (κ2) is 6.38. The average Bonchev–Trinajstić information content (AvgIpc) is 2.16. The summed E-state index contributed by atoms with van der Waals surface area (Å²) in [5, 5.41) is 8.94. The van der Waals surface area contributed by atoms with Gasteiger partial charge in [0.05, 0.1) is 8.07 Å². The van der Waals surface area contributed by atoms with Crippen molar-refractivity contribution in [2.75, 3.05) is 0 Å². The molecular formula is C14H28O2Si. The first-order chi connectivity index (χ1) is 7.66. The first-order valence-electron chi connectivity index (χ1n) is 6.56. The summed E-state index contributed by atoms with van der Waals surface area (Å²) < 4.78 is 0. The van der Waals surface area contributed by atoms with Gasteiger partial charge in [-0.05, 0) is 13.0 Å². The van der Waals surface area contributed by atoms with Crippen molar-refractivity contribution in [3.8, 4) is 0 Å². The van der Waals surface area contributed by atoms with Gasteiger partial charge in [-0.15, -0.1) is 0 Å². The Labute approximate surface area is 107 Å². The minimum atomic E-state index is -1.48. The first kappa shape index (κ1) is 16.4. The Morgan fingerprint density at radius 1 is 1.06 bits per heavy atom. The normalized spacial score (nSPS) is 13.9.